The maximum atomic E-state index is 13.0. The van der Waals surface area contributed by atoms with Gasteiger partial charge in [-0.1, -0.05) is 0 Å². The van der Waals surface area contributed by atoms with Crippen LogP contribution in [0.2, 0.25) is 0 Å². The lowest BCUT2D eigenvalue weighted by atomic mass is 10.2. The molecule has 72 valence electrons. The molecule has 0 atom stereocenters. The van der Waals surface area contributed by atoms with Crippen LogP contribution >= 0.6 is 15.9 Å². The summed E-state index contributed by atoms with van der Waals surface area (Å²) >= 11 is 3.14. The average molecular weight is 255 g/mol. The van der Waals surface area contributed by atoms with Crippen molar-refractivity contribution in [2.45, 2.75) is 0 Å². The number of imidazole rings is 1. The van der Waals surface area contributed by atoms with Crippen LogP contribution in [0.4, 0.5) is 4.39 Å². The molecule has 0 aliphatic heterocycles. The molecule has 0 aliphatic carbocycles. The van der Waals surface area contributed by atoms with Gasteiger partial charge in [-0.3, -0.25) is 0 Å². The Morgan fingerprint density at radius 2 is 2.21 bits per heavy atom. The van der Waals surface area contributed by atoms with Crippen molar-refractivity contribution in [2.24, 2.45) is 7.05 Å². The number of hydrogen-bond donors (Lipinski definition) is 0. The fourth-order valence-electron chi connectivity index (χ4n) is 1.28. The summed E-state index contributed by atoms with van der Waals surface area (Å²) in [7, 11) is 1.90. The third-order valence-corrected chi connectivity index (χ3v) is 2.61. The molecule has 1 aromatic heterocycles. The Morgan fingerprint density at radius 3 is 2.79 bits per heavy atom. The van der Waals surface area contributed by atoms with E-state index in [0.29, 0.717) is 4.47 Å². The third kappa shape index (κ3) is 1.57. The molecule has 1 aromatic carbocycles. The fraction of sp³-hybridized carbons (Fsp3) is 0.100. The molecule has 0 bridgehead atoms. The average Bonchev–Trinajstić information content (AvgIpc) is 2.57. The lowest BCUT2D eigenvalue weighted by Gasteiger charge is -2.02. The minimum absolute atomic E-state index is 0.261. The standard InChI is InChI=1S/C10H8BrFN2/c1-14-5-4-13-10(14)7-2-3-9(12)8(11)6-7/h2-6H,1H3. The SMILES string of the molecule is Cn1ccnc1-c1ccc(F)c(Br)c1. The van der Waals surface area contributed by atoms with Crippen molar-refractivity contribution >= 4 is 15.9 Å². The highest BCUT2D eigenvalue weighted by Crippen LogP contribution is 2.23. The molecule has 0 fully saturated rings. The van der Waals surface area contributed by atoms with E-state index in [4.69, 9.17) is 0 Å². The first-order valence-corrected chi connectivity index (χ1v) is 4.90. The molecule has 0 saturated carbocycles. The summed E-state index contributed by atoms with van der Waals surface area (Å²) in [6, 6.07) is 4.86. The van der Waals surface area contributed by atoms with Crippen LogP contribution in [0.3, 0.4) is 0 Å². The van der Waals surface area contributed by atoms with Crippen molar-refractivity contribution in [3.63, 3.8) is 0 Å². The van der Waals surface area contributed by atoms with Crippen molar-refractivity contribution in [2.75, 3.05) is 0 Å². The Bertz CT molecular complexity index is 465. The summed E-state index contributed by atoms with van der Waals surface area (Å²) in [5.41, 5.74) is 0.894. The molecule has 4 heteroatoms. The molecule has 2 aromatic rings. The van der Waals surface area contributed by atoms with E-state index in [-0.39, 0.29) is 5.82 Å². The van der Waals surface area contributed by atoms with Gasteiger partial charge in [-0.2, -0.15) is 0 Å². The van der Waals surface area contributed by atoms with Gasteiger partial charge in [-0.25, -0.2) is 9.37 Å². The number of aryl methyl sites for hydroxylation is 1. The molecule has 2 nitrogen and oxygen atoms in total. The minimum Gasteiger partial charge on any atom is -0.334 e. The lowest BCUT2D eigenvalue weighted by Crippen LogP contribution is -1.91. The van der Waals surface area contributed by atoms with Gasteiger partial charge < -0.3 is 4.57 Å². The maximum absolute atomic E-state index is 13.0. The first kappa shape index (κ1) is 9.40. The molecular formula is C10H8BrFN2. The van der Waals surface area contributed by atoms with E-state index in [0.717, 1.165) is 11.4 Å². The molecule has 0 spiro atoms. The number of halogens is 2. The van der Waals surface area contributed by atoms with Gasteiger partial charge >= 0.3 is 0 Å². The minimum atomic E-state index is -0.261. The number of aromatic nitrogens is 2. The van der Waals surface area contributed by atoms with E-state index < -0.39 is 0 Å². The van der Waals surface area contributed by atoms with Crippen molar-refractivity contribution in [3.8, 4) is 11.4 Å². The van der Waals surface area contributed by atoms with Crippen LogP contribution in [0.15, 0.2) is 35.1 Å². The monoisotopic (exact) mass is 254 g/mol. The summed E-state index contributed by atoms with van der Waals surface area (Å²) in [4.78, 5) is 4.18. The van der Waals surface area contributed by atoms with Gasteiger partial charge in [-0.05, 0) is 34.1 Å². The second-order valence-corrected chi connectivity index (χ2v) is 3.84. The Balaban J connectivity index is 2.53. The predicted octanol–water partition coefficient (Wildman–Crippen LogP) is 2.99. The zero-order valence-corrected chi connectivity index (χ0v) is 9.12. The predicted molar refractivity (Wildman–Crippen MR) is 56.3 cm³/mol. The van der Waals surface area contributed by atoms with Gasteiger partial charge in [-0.15, -0.1) is 0 Å². The zero-order valence-electron chi connectivity index (χ0n) is 7.54. The molecule has 0 unspecified atom stereocenters. The number of benzene rings is 1. The smallest absolute Gasteiger partial charge is 0.139 e. The van der Waals surface area contributed by atoms with E-state index in [1.54, 1.807) is 18.3 Å². The largest absolute Gasteiger partial charge is 0.334 e. The molecule has 1 heterocycles. The normalized spacial score (nSPS) is 10.5. The van der Waals surface area contributed by atoms with Gasteiger partial charge in [0.1, 0.15) is 11.6 Å². The second-order valence-electron chi connectivity index (χ2n) is 2.99. The van der Waals surface area contributed by atoms with Gasteiger partial charge in [0.05, 0.1) is 4.47 Å². The first-order valence-electron chi connectivity index (χ1n) is 4.11. The van der Waals surface area contributed by atoms with Crippen LogP contribution in [0.5, 0.6) is 0 Å². The molecule has 0 aliphatic rings. The Labute approximate surface area is 89.5 Å². The molecular weight excluding hydrogens is 247 g/mol. The van der Waals surface area contributed by atoms with Gasteiger partial charge in [0.2, 0.25) is 0 Å². The van der Waals surface area contributed by atoms with Gasteiger partial charge in [0.25, 0.3) is 0 Å². The van der Waals surface area contributed by atoms with Crippen LogP contribution in [-0.4, -0.2) is 9.55 Å². The third-order valence-electron chi connectivity index (χ3n) is 2.00. The van der Waals surface area contributed by atoms with Crippen molar-refractivity contribution in [1.29, 1.82) is 0 Å². The molecule has 0 amide bonds. The van der Waals surface area contributed by atoms with Crippen LogP contribution in [0.25, 0.3) is 11.4 Å². The van der Waals surface area contributed by atoms with Crippen molar-refractivity contribution < 1.29 is 4.39 Å². The van der Waals surface area contributed by atoms with E-state index >= 15 is 0 Å². The zero-order chi connectivity index (χ0) is 10.1. The second kappa shape index (κ2) is 3.53. The summed E-state index contributed by atoms with van der Waals surface area (Å²) in [6.07, 6.45) is 3.57. The molecule has 14 heavy (non-hydrogen) atoms. The number of nitrogens with zero attached hydrogens (tertiary/aromatic N) is 2. The number of rotatable bonds is 1. The van der Waals surface area contributed by atoms with Crippen molar-refractivity contribution in [3.05, 3.63) is 40.9 Å². The van der Waals surface area contributed by atoms with Crippen LogP contribution in [0.1, 0.15) is 0 Å². The highest BCUT2D eigenvalue weighted by Gasteiger charge is 2.05. The van der Waals surface area contributed by atoms with Crippen molar-refractivity contribution in [1.82, 2.24) is 9.55 Å². The lowest BCUT2D eigenvalue weighted by molar-refractivity contribution is 0.621. The molecule has 0 N–H and O–H groups in total. The highest BCUT2D eigenvalue weighted by molar-refractivity contribution is 9.10. The summed E-state index contributed by atoms with van der Waals surface area (Å²) in [5.74, 6) is 0.564. The van der Waals surface area contributed by atoms with Crippen LogP contribution in [0, 0.1) is 5.82 Å². The summed E-state index contributed by atoms with van der Waals surface area (Å²) in [6.45, 7) is 0. The maximum Gasteiger partial charge on any atom is 0.139 e. The van der Waals surface area contributed by atoms with E-state index in [1.165, 1.54) is 6.07 Å². The van der Waals surface area contributed by atoms with Gasteiger partial charge in [0.15, 0.2) is 0 Å². The van der Waals surface area contributed by atoms with Crippen LogP contribution < -0.4 is 0 Å². The van der Waals surface area contributed by atoms with E-state index in [9.17, 15) is 4.39 Å². The summed E-state index contributed by atoms with van der Waals surface area (Å²) in [5, 5.41) is 0. The topological polar surface area (TPSA) is 17.8 Å². The Morgan fingerprint density at radius 1 is 1.43 bits per heavy atom. The quantitative estimate of drug-likeness (QED) is 0.765. The van der Waals surface area contributed by atoms with Gasteiger partial charge in [0, 0.05) is 25.0 Å². The Hall–Kier alpha value is -1.16. The molecule has 0 saturated heterocycles. The fourth-order valence-corrected chi connectivity index (χ4v) is 1.66. The van der Waals surface area contributed by atoms with Crippen LogP contribution in [-0.2, 0) is 7.05 Å². The summed E-state index contributed by atoms with van der Waals surface area (Å²) < 4.78 is 15.3. The molecule has 2 rings (SSSR count). The first-order chi connectivity index (χ1) is 6.68. The highest BCUT2D eigenvalue weighted by atomic mass is 79.9. The van der Waals surface area contributed by atoms with E-state index in [2.05, 4.69) is 20.9 Å². The molecule has 0 radical (unpaired) electrons. The van der Waals surface area contributed by atoms with E-state index in [1.807, 2.05) is 17.8 Å². The Kier molecular flexibility index (Phi) is 2.37. The number of hydrogen-bond acceptors (Lipinski definition) is 1.